The van der Waals surface area contributed by atoms with Gasteiger partial charge in [-0.15, -0.1) is 0 Å². The van der Waals surface area contributed by atoms with Crippen LogP contribution in [-0.2, 0) is 16.0 Å². The molecule has 1 aromatic heterocycles. The number of para-hydroxylation sites is 1. The molecular weight excluding hydrogens is 378 g/mol. The highest BCUT2D eigenvalue weighted by atomic mass is 16.5. The van der Waals surface area contributed by atoms with Crippen LogP contribution in [0.2, 0.25) is 0 Å². The van der Waals surface area contributed by atoms with Crippen molar-refractivity contribution >= 4 is 17.6 Å². The second-order valence-corrected chi connectivity index (χ2v) is 7.41. The molecule has 0 saturated heterocycles. The van der Waals surface area contributed by atoms with Gasteiger partial charge < -0.3 is 10.1 Å². The summed E-state index contributed by atoms with van der Waals surface area (Å²) < 4.78 is 6.57. The van der Waals surface area contributed by atoms with E-state index < -0.39 is 0 Å². The maximum absolute atomic E-state index is 12.7. The fourth-order valence-electron chi connectivity index (χ4n) is 3.57. The first kappa shape index (κ1) is 21.3. The molecule has 6 nitrogen and oxygen atoms in total. The standard InChI is InChI=1S/C24H27N3O3/c1-15-7-6-8-16(2)23(15)25-24(29)19-9-11-20(12-10-19)27-18(4)21(17(3)26-27)13-14-22(28)30-5/h6-12H,13-14H2,1-5H3,(H,25,29). The highest BCUT2D eigenvalue weighted by molar-refractivity contribution is 6.05. The van der Waals surface area contributed by atoms with Crippen molar-refractivity contribution < 1.29 is 14.3 Å². The van der Waals surface area contributed by atoms with Gasteiger partial charge in [-0.1, -0.05) is 18.2 Å². The number of hydrogen-bond acceptors (Lipinski definition) is 4. The number of nitrogens with one attached hydrogen (secondary N) is 1. The van der Waals surface area contributed by atoms with Crippen LogP contribution in [0.4, 0.5) is 5.69 Å². The fraction of sp³-hybridized carbons (Fsp3) is 0.292. The summed E-state index contributed by atoms with van der Waals surface area (Å²) in [5, 5.41) is 7.62. The Hall–Kier alpha value is -3.41. The molecule has 0 aliphatic heterocycles. The number of carbonyl (C=O) groups excluding carboxylic acids is 2. The van der Waals surface area contributed by atoms with E-state index in [9.17, 15) is 9.59 Å². The third kappa shape index (κ3) is 4.43. The average molecular weight is 405 g/mol. The monoisotopic (exact) mass is 405 g/mol. The Morgan fingerprint density at radius 2 is 1.63 bits per heavy atom. The van der Waals surface area contributed by atoms with Crippen molar-refractivity contribution in [3.05, 3.63) is 76.1 Å². The van der Waals surface area contributed by atoms with Crippen molar-refractivity contribution in [2.24, 2.45) is 0 Å². The second kappa shape index (κ2) is 8.95. The number of hydrogen-bond donors (Lipinski definition) is 1. The predicted octanol–water partition coefficient (Wildman–Crippen LogP) is 4.46. The quantitative estimate of drug-likeness (QED) is 0.615. The van der Waals surface area contributed by atoms with Gasteiger partial charge in [-0.2, -0.15) is 5.10 Å². The summed E-state index contributed by atoms with van der Waals surface area (Å²) >= 11 is 0. The molecule has 0 radical (unpaired) electrons. The smallest absolute Gasteiger partial charge is 0.305 e. The maximum atomic E-state index is 12.7. The van der Waals surface area contributed by atoms with E-state index in [0.29, 0.717) is 18.4 Å². The minimum Gasteiger partial charge on any atom is -0.469 e. The van der Waals surface area contributed by atoms with Gasteiger partial charge in [-0.05, 0) is 75.1 Å². The Bertz CT molecular complexity index is 1060. The van der Waals surface area contributed by atoms with Gasteiger partial charge >= 0.3 is 5.97 Å². The minimum atomic E-state index is -0.235. The van der Waals surface area contributed by atoms with Crippen molar-refractivity contribution in [1.82, 2.24) is 9.78 Å². The molecule has 6 heteroatoms. The number of ether oxygens (including phenoxy) is 1. The number of benzene rings is 2. The lowest BCUT2D eigenvalue weighted by molar-refractivity contribution is -0.140. The van der Waals surface area contributed by atoms with Gasteiger partial charge in [0.1, 0.15) is 0 Å². The SMILES string of the molecule is COC(=O)CCc1c(C)nn(-c2ccc(C(=O)Nc3c(C)cccc3C)cc2)c1C. The van der Waals surface area contributed by atoms with Crippen LogP contribution in [0.25, 0.3) is 5.69 Å². The number of rotatable bonds is 6. The average Bonchev–Trinajstić information content (AvgIpc) is 3.02. The van der Waals surface area contributed by atoms with Crippen LogP contribution >= 0.6 is 0 Å². The van der Waals surface area contributed by atoms with Gasteiger partial charge in [-0.25, -0.2) is 4.68 Å². The van der Waals surface area contributed by atoms with Gasteiger partial charge in [0.05, 0.1) is 18.5 Å². The summed E-state index contributed by atoms with van der Waals surface area (Å²) in [5.41, 5.74) is 7.25. The number of aromatic nitrogens is 2. The zero-order valence-corrected chi connectivity index (χ0v) is 18.1. The number of aryl methyl sites for hydroxylation is 3. The number of esters is 1. The summed E-state index contributed by atoms with van der Waals surface area (Å²) in [7, 11) is 1.39. The summed E-state index contributed by atoms with van der Waals surface area (Å²) in [4.78, 5) is 24.2. The van der Waals surface area contributed by atoms with E-state index in [-0.39, 0.29) is 11.9 Å². The van der Waals surface area contributed by atoms with Gasteiger partial charge in [0, 0.05) is 23.4 Å². The Morgan fingerprint density at radius 1 is 1.00 bits per heavy atom. The molecule has 0 aliphatic carbocycles. The highest BCUT2D eigenvalue weighted by Gasteiger charge is 2.15. The number of carbonyl (C=O) groups is 2. The van der Waals surface area contributed by atoms with Crippen LogP contribution in [0.3, 0.4) is 0 Å². The lowest BCUT2D eigenvalue weighted by Crippen LogP contribution is -2.14. The zero-order chi connectivity index (χ0) is 21.8. The van der Waals surface area contributed by atoms with Crippen molar-refractivity contribution in [2.45, 2.75) is 40.5 Å². The molecular formula is C24H27N3O3. The number of anilines is 1. The summed E-state index contributed by atoms with van der Waals surface area (Å²) in [5.74, 6) is -0.383. The predicted molar refractivity (Wildman–Crippen MR) is 117 cm³/mol. The van der Waals surface area contributed by atoms with E-state index in [2.05, 4.69) is 10.4 Å². The van der Waals surface area contributed by atoms with Crippen molar-refractivity contribution in [1.29, 1.82) is 0 Å². The first-order valence-electron chi connectivity index (χ1n) is 9.91. The van der Waals surface area contributed by atoms with Crippen LogP contribution in [0, 0.1) is 27.7 Å². The molecule has 0 fully saturated rings. The van der Waals surface area contributed by atoms with E-state index in [1.54, 1.807) is 12.1 Å². The maximum Gasteiger partial charge on any atom is 0.305 e. The lowest BCUT2D eigenvalue weighted by Gasteiger charge is -2.12. The Morgan fingerprint density at radius 3 is 2.23 bits per heavy atom. The molecule has 0 saturated carbocycles. The molecule has 0 bridgehead atoms. The number of amides is 1. The van der Waals surface area contributed by atoms with E-state index in [1.165, 1.54) is 7.11 Å². The lowest BCUT2D eigenvalue weighted by atomic mass is 10.1. The van der Waals surface area contributed by atoms with Gasteiger partial charge in [0.15, 0.2) is 0 Å². The first-order chi connectivity index (χ1) is 14.3. The fourth-order valence-corrected chi connectivity index (χ4v) is 3.57. The van der Waals surface area contributed by atoms with Crippen molar-refractivity contribution in [2.75, 3.05) is 12.4 Å². The van der Waals surface area contributed by atoms with Crippen molar-refractivity contribution in [3.63, 3.8) is 0 Å². The molecule has 0 aliphatic rings. The molecule has 30 heavy (non-hydrogen) atoms. The summed E-state index contributed by atoms with van der Waals surface area (Å²) in [6, 6.07) is 13.3. The van der Waals surface area contributed by atoms with Crippen LogP contribution in [0.15, 0.2) is 42.5 Å². The van der Waals surface area contributed by atoms with E-state index in [0.717, 1.165) is 39.5 Å². The van der Waals surface area contributed by atoms with Gasteiger partial charge in [0.25, 0.3) is 5.91 Å². The zero-order valence-electron chi connectivity index (χ0n) is 18.1. The Balaban J connectivity index is 1.79. The topological polar surface area (TPSA) is 73.2 Å². The largest absolute Gasteiger partial charge is 0.469 e. The molecule has 156 valence electrons. The van der Waals surface area contributed by atoms with E-state index in [4.69, 9.17) is 4.74 Å². The first-order valence-corrected chi connectivity index (χ1v) is 9.91. The summed E-state index contributed by atoms with van der Waals surface area (Å²) in [6.07, 6.45) is 0.905. The van der Waals surface area contributed by atoms with E-state index in [1.807, 2.05) is 62.7 Å². The molecule has 1 N–H and O–H groups in total. The van der Waals surface area contributed by atoms with Crippen molar-refractivity contribution in [3.8, 4) is 5.69 Å². The third-order valence-electron chi connectivity index (χ3n) is 5.34. The van der Waals surface area contributed by atoms with Crippen LogP contribution in [0.5, 0.6) is 0 Å². The normalized spacial score (nSPS) is 10.7. The second-order valence-electron chi connectivity index (χ2n) is 7.41. The molecule has 1 amide bonds. The highest BCUT2D eigenvalue weighted by Crippen LogP contribution is 2.22. The van der Waals surface area contributed by atoms with Gasteiger partial charge in [-0.3, -0.25) is 9.59 Å². The number of methoxy groups -OCH3 is 1. The Labute approximate surface area is 176 Å². The van der Waals surface area contributed by atoms with Crippen LogP contribution < -0.4 is 5.32 Å². The molecule has 1 heterocycles. The molecule has 3 aromatic rings. The van der Waals surface area contributed by atoms with E-state index >= 15 is 0 Å². The molecule has 3 rings (SSSR count). The molecule has 2 aromatic carbocycles. The molecule has 0 atom stereocenters. The van der Waals surface area contributed by atoms with Gasteiger partial charge in [0.2, 0.25) is 0 Å². The Kier molecular flexibility index (Phi) is 6.35. The third-order valence-corrected chi connectivity index (χ3v) is 5.34. The number of nitrogens with zero attached hydrogens (tertiary/aromatic N) is 2. The van der Waals surface area contributed by atoms with Crippen LogP contribution in [0.1, 0.15) is 44.9 Å². The minimum absolute atomic E-state index is 0.147. The molecule has 0 unspecified atom stereocenters. The summed E-state index contributed by atoms with van der Waals surface area (Å²) in [6.45, 7) is 7.87. The molecule has 0 spiro atoms. The van der Waals surface area contributed by atoms with Crippen LogP contribution in [-0.4, -0.2) is 28.8 Å².